The Balaban J connectivity index is 0.00000192. The van der Waals surface area contributed by atoms with Crippen molar-refractivity contribution in [3.05, 3.63) is 0 Å². The van der Waals surface area contributed by atoms with Crippen LogP contribution in [-0.4, -0.2) is 74.3 Å². The zero-order valence-corrected chi connectivity index (χ0v) is 17.0. The van der Waals surface area contributed by atoms with Gasteiger partial charge < -0.3 is 15.0 Å². The van der Waals surface area contributed by atoms with Crippen molar-refractivity contribution in [1.29, 1.82) is 0 Å². The van der Waals surface area contributed by atoms with Crippen LogP contribution in [0.2, 0.25) is 0 Å². The van der Waals surface area contributed by atoms with E-state index in [1.165, 1.54) is 45.4 Å². The van der Waals surface area contributed by atoms with E-state index in [2.05, 4.69) is 22.0 Å². The van der Waals surface area contributed by atoms with Crippen LogP contribution in [0.3, 0.4) is 0 Å². The highest BCUT2D eigenvalue weighted by atomic mass is 127. The summed E-state index contributed by atoms with van der Waals surface area (Å²) in [7, 11) is 0. The van der Waals surface area contributed by atoms with E-state index in [0.717, 1.165) is 50.1 Å². The molecule has 0 aliphatic carbocycles. The van der Waals surface area contributed by atoms with E-state index in [0.29, 0.717) is 0 Å². The Morgan fingerprint density at radius 1 is 1.22 bits per heavy atom. The number of piperidine rings is 1. The first-order chi connectivity index (χ1) is 10.8. The molecule has 3 saturated heterocycles. The van der Waals surface area contributed by atoms with E-state index in [-0.39, 0.29) is 24.0 Å². The number of likely N-dealkylation sites (tertiary alicyclic amines) is 1. The molecule has 1 N–H and O–H groups in total. The van der Waals surface area contributed by atoms with Crippen LogP contribution in [0.1, 0.15) is 33.1 Å². The first kappa shape index (κ1) is 19.2. The molecule has 3 aliphatic heterocycles. The summed E-state index contributed by atoms with van der Waals surface area (Å²) in [6, 6.07) is 0.843. The maximum atomic E-state index is 5.41. The molecule has 0 radical (unpaired) electrons. The largest absolute Gasteiger partial charge is 0.380 e. The minimum Gasteiger partial charge on any atom is -0.380 e. The summed E-state index contributed by atoms with van der Waals surface area (Å²) < 4.78 is 5.41. The number of rotatable bonds is 5. The van der Waals surface area contributed by atoms with E-state index in [1.807, 2.05) is 6.92 Å². The van der Waals surface area contributed by atoms with Crippen molar-refractivity contribution in [2.45, 2.75) is 39.2 Å². The molecule has 0 aromatic carbocycles. The van der Waals surface area contributed by atoms with Gasteiger partial charge in [0.1, 0.15) is 0 Å². The van der Waals surface area contributed by atoms with E-state index in [9.17, 15) is 0 Å². The average Bonchev–Trinajstić information content (AvgIpc) is 3.08. The lowest BCUT2D eigenvalue weighted by Crippen LogP contribution is -2.44. The van der Waals surface area contributed by atoms with Gasteiger partial charge in [-0.1, -0.05) is 6.42 Å². The smallest absolute Gasteiger partial charge is 0.194 e. The van der Waals surface area contributed by atoms with Gasteiger partial charge in [0.25, 0.3) is 0 Å². The molecule has 3 fully saturated rings. The van der Waals surface area contributed by atoms with Crippen LogP contribution >= 0.6 is 24.0 Å². The lowest BCUT2D eigenvalue weighted by molar-refractivity contribution is 0.155. The number of nitrogens with zero attached hydrogens (tertiary/aromatic N) is 3. The standard InChI is InChI=1S/C17H32N4O.HI/c1-3-18-17(19-8-10-22-4-2)21-12-14-11-20-9-6-5-7-16(20)15(14)13-21;/h14-16H,3-13H2,1-2H3,(H,18,19);1H. The molecule has 23 heavy (non-hydrogen) atoms. The predicted octanol–water partition coefficient (Wildman–Crippen LogP) is 2.02. The number of hydrogen-bond donors (Lipinski definition) is 1. The number of halogens is 1. The molecule has 3 rings (SSSR count). The molecule has 5 nitrogen and oxygen atoms in total. The minimum absolute atomic E-state index is 0. The Kier molecular flexibility index (Phi) is 7.88. The van der Waals surface area contributed by atoms with Crippen LogP contribution in [-0.2, 0) is 4.74 Å². The van der Waals surface area contributed by atoms with Crippen molar-refractivity contribution in [2.24, 2.45) is 16.8 Å². The molecule has 3 atom stereocenters. The lowest BCUT2D eigenvalue weighted by atomic mass is 9.90. The third kappa shape index (κ3) is 4.51. The Labute approximate surface area is 158 Å². The van der Waals surface area contributed by atoms with E-state index in [1.54, 1.807) is 0 Å². The number of aliphatic imine (C=N–C) groups is 1. The van der Waals surface area contributed by atoms with Crippen molar-refractivity contribution in [1.82, 2.24) is 15.1 Å². The highest BCUT2D eigenvalue weighted by Crippen LogP contribution is 2.40. The number of nitrogens with one attached hydrogen (secondary N) is 1. The maximum absolute atomic E-state index is 5.41. The molecule has 0 aromatic heterocycles. The van der Waals surface area contributed by atoms with Crippen LogP contribution in [0.25, 0.3) is 0 Å². The van der Waals surface area contributed by atoms with Gasteiger partial charge in [-0.3, -0.25) is 9.89 Å². The molecule has 134 valence electrons. The van der Waals surface area contributed by atoms with Crippen molar-refractivity contribution < 1.29 is 4.74 Å². The molecule has 0 saturated carbocycles. The van der Waals surface area contributed by atoms with E-state index >= 15 is 0 Å². The first-order valence-electron chi connectivity index (χ1n) is 9.18. The fourth-order valence-electron chi connectivity index (χ4n) is 4.51. The summed E-state index contributed by atoms with van der Waals surface area (Å²) in [6.07, 6.45) is 4.24. The predicted molar refractivity (Wildman–Crippen MR) is 106 cm³/mol. The van der Waals surface area contributed by atoms with Gasteiger partial charge in [-0.15, -0.1) is 24.0 Å². The van der Waals surface area contributed by atoms with Crippen molar-refractivity contribution in [2.75, 3.05) is 52.5 Å². The highest BCUT2D eigenvalue weighted by molar-refractivity contribution is 14.0. The number of fused-ring (bicyclic) bond motifs is 3. The van der Waals surface area contributed by atoms with Gasteiger partial charge in [0.05, 0.1) is 13.2 Å². The maximum Gasteiger partial charge on any atom is 0.194 e. The quantitative estimate of drug-likeness (QED) is 0.310. The SMILES string of the molecule is CCNC(=NCCOCC)N1CC2CN3CCCCC3C2C1.I. The highest BCUT2D eigenvalue weighted by Gasteiger charge is 2.47. The monoisotopic (exact) mass is 436 g/mol. The Hall–Kier alpha value is -0.0800. The minimum atomic E-state index is 0. The molecular weight excluding hydrogens is 403 g/mol. The zero-order valence-electron chi connectivity index (χ0n) is 14.7. The van der Waals surface area contributed by atoms with Gasteiger partial charge in [0.2, 0.25) is 0 Å². The van der Waals surface area contributed by atoms with Gasteiger partial charge in [0.15, 0.2) is 5.96 Å². The second-order valence-electron chi connectivity index (χ2n) is 6.82. The molecule has 0 amide bonds. The van der Waals surface area contributed by atoms with Gasteiger partial charge in [0, 0.05) is 38.8 Å². The molecule has 0 bridgehead atoms. The van der Waals surface area contributed by atoms with Crippen LogP contribution in [0.4, 0.5) is 0 Å². The Bertz CT molecular complexity index is 393. The van der Waals surface area contributed by atoms with E-state index < -0.39 is 0 Å². The van der Waals surface area contributed by atoms with Crippen molar-refractivity contribution in [3.8, 4) is 0 Å². The third-order valence-corrected chi connectivity index (χ3v) is 5.45. The van der Waals surface area contributed by atoms with Crippen LogP contribution in [0.5, 0.6) is 0 Å². The van der Waals surface area contributed by atoms with Crippen LogP contribution < -0.4 is 5.32 Å². The molecule has 0 spiro atoms. The number of ether oxygens (including phenoxy) is 1. The summed E-state index contributed by atoms with van der Waals surface area (Å²) in [5.74, 6) is 2.80. The average molecular weight is 436 g/mol. The molecule has 3 aliphatic rings. The molecular formula is C17H33IN4O. The summed E-state index contributed by atoms with van der Waals surface area (Å²) in [6.45, 7) is 12.4. The van der Waals surface area contributed by atoms with Gasteiger partial charge in [-0.2, -0.15) is 0 Å². The normalized spacial score (nSPS) is 30.8. The molecule has 3 unspecified atom stereocenters. The summed E-state index contributed by atoms with van der Waals surface area (Å²) >= 11 is 0. The fraction of sp³-hybridized carbons (Fsp3) is 0.941. The Morgan fingerprint density at radius 3 is 2.87 bits per heavy atom. The number of guanidine groups is 1. The molecule has 6 heteroatoms. The molecule has 0 aromatic rings. The Morgan fingerprint density at radius 2 is 2.09 bits per heavy atom. The summed E-state index contributed by atoms with van der Waals surface area (Å²) in [5, 5.41) is 3.47. The van der Waals surface area contributed by atoms with Crippen LogP contribution in [0.15, 0.2) is 4.99 Å². The topological polar surface area (TPSA) is 40.1 Å². The van der Waals surface area contributed by atoms with Crippen molar-refractivity contribution >= 4 is 29.9 Å². The first-order valence-corrected chi connectivity index (χ1v) is 9.18. The second-order valence-corrected chi connectivity index (χ2v) is 6.82. The fourth-order valence-corrected chi connectivity index (χ4v) is 4.51. The zero-order chi connectivity index (χ0) is 15.4. The number of hydrogen-bond acceptors (Lipinski definition) is 3. The molecule has 3 heterocycles. The summed E-state index contributed by atoms with van der Waals surface area (Å²) in [4.78, 5) is 10.0. The van der Waals surface area contributed by atoms with Crippen molar-refractivity contribution in [3.63, 3.8) is 0 Å². The second kappa shape index (κ2) is 9.42. The van der Waals surface area contributed by atoms with Gasteiger partial charge in [-0.25, -0.2) is 0 Å². The van der Waals surface area contributed by atoms with Gasteiger partial charge in [-0.05, 0) is 45.1 Å². The van der Waals surface area contributed by atoms with Crippen LogP contribution in [0, 0.1) is 11.8 Å². The third-order valence-electron chi connectivity index (χ3n) is 5.45. The van der Waals surface area contributed by atoms with E-state index in [4.69, 9.17) is 9.73 Å². The summed E-state index contributed by atoms with van der Waals surface area (Å²) in [5.41, 5.74) is 0. The lowest BCUT2D eigenvalue weighted by Gasteiger charge is -2.33. The van der Waals surface area contributed by atoms with Gasteiger partial charge >= 0.3 is 0 Å².